The van der Waals surface area contributed by atoms with Crippen molar-refractivity contribution in [2.75, 3.05) is 6.79 Å². The van der Waals surface area contributed by atoms with E-state index < -0.39 is 0 Å². The van der Waals surface area contributed by atoms with Crippen LogP contribution in [-0.2, 0) is 6.54 Å². The van der Waals surface area contributed by atoms with E-state index in [1.807, 2.05) is 24.3 Å². The molecule has 0 saturated heterocycles. The minimum atomic E-state index is 0.209. The highest BCUT2D eigenvalue weighted by Gasteiger charge is 2.17. The zero-order valence-corrected chi connectivity index (χ0v) is 11.3. The van der Waals surface area contributed by atoms with E-state index in [4.69, 9.17) is 9.47 Å². The molecule has 0 spiro atoms. The quantitative estimate of drug-likeness (QED) is 0.897. The van der Waals surface area contributed by atoms with Gasteiger partial charge in [-0.15, -0.1) is 0 Å². The van der Waals surface area contributed by atoms with Crippen LogP contribution in [0, 0.1) is 0 Å². The van der Waals surface area contributed by atoms with Gasteiger partial charge in [0.15, 0.2) is 11.5 Å². The summed E-state index contributed by atoms with van der Waals surface area (Å²) in [6.45, 7) is 2.88. The Morgan fingerprint density at radius 1 is 1.15 bits per heavy atom. The number of hydrogen-bond acceptors (Lipinski definition) is 4. The van der Waals surface area contributed by atoms with Crippen molar-refractivity contribution in [3.8, 4) is 17.2 Å². The van der Waals surface area contributed by atoms with E-state index in [2.05, 4.69) is 24.4 Å². The average Bonchev–Trinajstić information content (AvgIpc) is 2.92. The molecule has 1 aliphatic rings. The molecule has 3 rings (SSSR count). The lowest BCUT2D eigenvalue weighted by molar-refractivity contribution is 0.174. The molecule has 1 heterocycles. The molecular formula is C16H17NO3. The van der Waals surface area contributed by atoms with Crippen LogP contribution >= 0.6 is 0 Å². The first-order valence-corrected chi connectivity index (χ1v) is 6.64. The number of ether oxygens (including phenoxy) is 2. The molecule has 1 unspecified atom stereocenters. The third kappa shape index (κ3) is 2.56. The zero-order valence-electron chi connectivity index (χ0n) is 11.3. The number of hydrogen-bond donors (Lipinski definition) is 2. The Balaban J connectivity index is 1.70. The van der Waals surface area contributed by atoms with Crippen LogP contribution in [0.1, 0.15) is 24.1 Å². The zero-order chi connectivity index (χ0) is 13.9. The SMILES string of the molecule is CC(NCc1cc2c(cc1O)OCO2)c1ccccc1. The molecule has 2 aromatic rings. The van der Waals surface area contributed by atoms with E-state index in [1.165, 1.54) is 5.56 Å². The Bertz CT molecular complexity index is 598. The first-order valence-electron chi connectivity index (χ1n) is 6.64. The van der Waals surface area contributed by atoms with Crippen LogP contribution in [-0.4, -0.2) is 11.9 Å². The number of phenols is 1. The maximum absolute atomic E-state index is 9.98. The molecule has 4 nitrogen and oxygen atoms in total. The van der Waals surface area contributed by atoms with E-state index in [-0.39, 0.29) is 18.6 Å². The van der Waals surface area contributed by atoms with Crippen LogP contribution in [0.25, 0.3) is 0 Å². The predicted octanol–water partition coefficient (Wildman–Crippen LogP) is 2.97. The molecule has 20 heavy (non-hydrogen) atoms. The molecule has 0 aliphatic carbocycles. The summed E-state index contributed by atoms with van der Waals surface area (Å²) in [5.41, 5.74) is 2.02. The fourth-order valence-electron chi connectivity index (χ4n) is 2.24. The molecule has 0 amide bonds. The number of phenolic OH excluding ortho intramolecular Hbond substituents is 1. The first kappa shape index (κ1) is 12.8. The van der Waals surface area contributed by atoms with E-state index >= 15 is 0 Å². The largest absolute Gasteiger partial charge is 0.507 e. The van der Waals surface area contributed by atoms with Crippen LogP contribution in [0.4, 0.5) is 0 Å². The third-order valence-electron chi connectivity index (χ3n) is 3.47. The van der Waals surface area contributed by atoms with Crippen LogP contribution < -0.4 is 14.8 Å². The molecule has 1 atom stereocenters. The van der Waals surface area contributed by atoms with Crippen molar-refractivity contribution >= 4 is 0 Å². The van der Waals surface area contributed by atoms with Gasteiger partial charge in [0.2, 0.25) is 6.79 Å². The minimum absolute atomic E-state index is 0.209. The van der Waals surface area contributed by atoms with Gasteiger partial charge in [-0.3, -0.25) is 0 Å². The van der Waals surface area contributed by atoms with E-state index in [0.717, 1.165) is 5.56 Å². The highest BCUT2D eigenvalue weighted by atomic mass is 16.7. The van der Waals surface area contributed by atoms with Gasteiger partial charge in [0.05, 0.1) is 0 Å². The molecule has 2 N–H and O–H groups in total. The average molecular weight is 271 g/mol. The maximum atomic E-state index is 9.98. The second-order valence-corrected chi connectivity index (χ2v) is 4.85. The number of fused-ring (bicyclic) bond motifs is 1. The Hall–Kier alpha value is -2.20. The van der Waals surface area contributed by atoms with Crippen LogP contribution in [0.15, 0.2) is 42.5 Å². The summed E-state index contributed by atoms with van der Waals surface area (Å²) in [5.74, 6) is 1.51. The van der Waals surface area contributed by atoms with Gasteiger partial charge in [-0.05, 0) is 18.6 Å². The molecule has 0 fully saturated rings. The number of benzene rings is 2. The third-order valence-corrected chi connectivity index (χ3v) is 3.47. The molecule has 104 valence electrons. The second-order valence-electron chi connectivity index (χ2n) is 4.85. The Labute approximate surface area is 118 Å². The van der Waals surface area contributed by atoms with Gasteiger partial charge in [0.25, 0.3) is 0 Å². The number of nitrogens with one attached hydrogen (secondary N) is 1. The summed E-state index contributed by atoms with van der Waals surface area (Å²) in [6.07, 6.45) is 0. The van der Waals surface area contributed by atoms with Gasteiger partial charge >= 0.3 is 0 Å². The lowest BCUT2D eigenvalue weighted by Crippen LogP contribution is -2.18. The first-order chi connectivity index (χ1) is 9.74. The summed E-state index contributed by atoms with van der Waals surface area (Å²) in [5, 5.41) is 13.4. The van der Waals surface area contributed by atoms with Gasteiger partial charge in [-0.1, -0.05) is 30.3 Å². The van der Waals surface area contributed by atoms with Crippen molar-refractivity contribution in [1.29, 1.82) is 0 Å². The molecule has 0 radical (unpaired) electrons. The Morgan fingerprint density at radius 2 is 1.85 bits per heavy atom. The molecule has 1 aliphatic heterocycles. The molecule has 0 saturated carbocycles. The van der Waals surface area contributed by atoms with Crippen molar-refractivity contribution < 1.29 is 14.6 Å². The standard InChI is InChI=1S/C16H17NO3/c1-11(12-5-3-2-4-6-12)17-9-13-7-15-16(8-14(13)18)20-10-19-15/h2-8,11,17-18H,9-10H2,1H3. The Morgan fingerprint density at radius 3 is 2.60 bits per heavy atom. The van der Waals surface area contributed by atoms with Gasteiger partial charge in [-0.2, -0.15) is 0 Å². The summed E-state index contributed by atoms with van der Waals surface area (Å²) < 4.78 is 10.6. The summed E-state index contributed by atoms with van der Waals surface area (Å²) in [7, 11) is 0. The van der Waals surface area contributed by atoms with Crippen molar-refractivity contribution in [1.82, 2.24) is 5.32 Å². The normalized spacial score (nSPS) is 14.2. The van der Waals surface area contributed by atoms with Gasteiger partial charge in [0, 0.05) is 24.2 Å². The van der Waals surface area contributed by atoms with Gasteiger partial charge in [-0.25, -0.2) is 0 Å². The topological polar surface area (TPSA) is 50.7 Å². The van der Waals surface area contributed by atoms with Gasteiger partial charge in [0.1, 0.15) is 5.75 Å². The van der Waals surface area contributed by atoms with E-state index in [9.17, 15) is 5.11 Å². The molecule has 0 bridgehead atoms. The van der Waals surface area contributed by atoms with Crippen LogP contribution in [0.5, 0.6) is 17.2 Å². The highest BCUT2D eigenvalue weighted by molar-refractivity contribution is 5.51. The van der Waals surface area contributed by atoms with Crippen molar-refractivity contribution in [2.45, 2.75) is 19.5 Å². The van der Waals surface area contributed by atoms with E-state index in [0.29, 0.717) is 18.0 Å². The van der Waals surface area contributed by atoms with Gasteiger partial charge < -0.3 is 19.9 Å². The highest BCUT2D eigenvalue weighted by Crippen LogP contribution is 2.37. The molecular weight excluding hydrogens is 254 g/mol. The van der Waals surface area contributed by atoms with Crippen LogP contribution in [0.3, 0.4) is 0 Å². The van der Waals surface area contributed by atoms with Crippen molar-refractivity contribution in [3.63, 3.8) is 0 Å². The Kier molecular flexibility index (Phi) is 3.48. The van der Waals surface area contributed by atoms with Crippen LogP contribution in [0.2, 0.25) is 0 Å². The molecule has 4 heteroatoms. The van der Waals surface area contributed by atoms with Crippen molar-refractivity contribution in [3.05, 3.63) is 53.6 Å². The summed E-state index contributed by atoms with van der Waals surface area (Å²) in [4.78, 5) is 0. The lowest BCUT2D eigenvalue weighted by Gasteiger charge is -2.15. The number of rotatable bonds is 4. The summed E-state index contributed by atoms with van der Waals surface area (Å²) in [6, 6.07) is 13.8. The minimum Gasteiger partial charge on any atom is -0.507 e. The van der Waals surface area contributed by atoms with Crippen molar-refractivity contribution in [2.24, 2.45) is 0 Å². The fourth-order valence-corrected chi connectivity index (χ4v) is 2.24. The second kappa shape index (κ2) is 5.43. The number of aromatic hydroxyl groups is 1. The van der Waals surface area contributed by atoms with E-state index in [1.54, 1.807) is 6.07 Å². The monoisotopic (exact) mass is 271 g/mol. The smallest absolute Gasteiger partial charge is 0.231 e. The predicted molar refractivity (Wildman–Crippen MR) is 75.9 cm³/mol. The molecule has 2 aromatic carbocycles. The summed E-state index contributed by atoms with van der Waals surface area (Å²) >= 11 is 0. The lowest BCUT2D eigenvalue weighted by atomic mass is 10.1. The maximum Gasteiger partial charge on any atom is 0.231 e. The fraction of sp³-hybridized carbons (Fsp3) is 0.250. The molecule has 0 aromatic heterocycles.